The monoisotopic (exact) mass is 412 g/mol. The third-order valence-corrected chi connectivity index (χ3v) is 5.83. The fourth-order valence-electron chi connectivity index (χ4n) is 4.21. The lowest BCUT2D eigenvalue weighted by atomic mass is 9.97. The Bertz CT molecular complexity index is 782. The van der Waals surface area contributed by atoms with Gasteiger partial charge in [0.2, 0.25) is 0 Å². The van der Waals surface area contributed by atoms with Crippen LogP contribution in [0.2, 0.25) is 0 Å². The molecule has 30 heavy (non-hydrogen) atoms. The summed E-state index contributed by atoms with van der Waals surface area (Å²) in [7, 11) is 0. The van der Waals surface area contributed by atoms with Crippen molar-refractivity contribution in [3.05, 3.63) is 35.5 Å². The van der Waals surface area contributed by atoms with Crippen LogP contribution in [0.15, 0.2) is 30.0 Å². The largest absolute Gasteiger partial charge is 0.493 e. The maximum absolute atomic E-state index is 13.3. The zero-order valence-corrected chi connectivity index (χ0v) is 18.9. The van der Waals surface area contributed by atoms with Crippen LogP contribution >= 0.6 is 0 Å². The van der Waals surface area contributed by atoms with Crippen LogP contribution in [0.3, 0.4) is 0 Å². The maximum atomic E-state index is 13.3. The molecule has 164 valence electrons. The Balaban J connectivity index is 1.90. The molecule has 3 rings (SSSR count). The Hall–Kier alpha value is -2.30. The van der Waals surface area contributed by atoms with E-state index in [1.54, 1.807) is 0 Å². The summed E-state index contributed by atoms with van der Waals surface area (Å²) in [5, 5.41) is 0. The molecule has 0 N–H and O–H groups in total. The average Bonchev–Trinajstić information content (AvgIpc) is 2.97. The number of hydrogen-bond donors (Lipinski definition) is 0. The molecule has 1 unspecified atom stereocenters. The van der Waals surface area contributed by atoms with Crippen molar-refractivity contribution in [1.82, 2.24) is 9.80 Å². The number of benzene rings is 1. The van der Waals surface area contributed by atoms with Gasteiger partial charge in [-0.15, -0.1) is 0 Å². The molecule has 2 heterocycles. The number of likely N-dealkylation sites (tertiary alicyclic amines) is 1. The van der Waals surface area contributed by atoms with E-state index < -0.39 is 0 Å². The van der Waals surface area contributed by atoms with Gasteiger partial charge in [0, 0.05) is 19.6 Å². The van der Waals surface area contributed by atoms with Crippen LogP contribution in [0.5, 0.6) is 5.75 Å². The number of piperidine rings is 1. The summed E-state index contributed by atoms with van der Waals surface area (Å²) in [6, 6.07) is 7.63. The van der Waals surface area contributed by atoms with Gasteiger partial charge in [-0.3, -0.25) is 14.5 Å². The van der Waals surface area contributed by atoms with E-state index in [4.69, 9.17) is 4.74 Å². The van der Waals surface area contributed by atoms with Crippen molar-refractivity contribution < 1.29 is 14.3 Å². The van der Waals surface area contributed by atoms with E-state index in [-0.39, 0.29) is 11.8 Å². The predicted octanol–water partition coefficient (Wildman–Crippen LogP) is 4.72. The number of hydrogen-bond acceptors (Lipinski definition) is 4. The second-order valence-electron chi connectivity index (χ2n) is 9.12. The van der Waals surface area contributed by atoms with Crippen molar-refractivity contribution in [2.75, 3.05) is 26.2 Å². The minimum Gasteiger partial charge on any atom is -0.493 e. The van der Waals surface area contributed by atoms with Crippen molar-refractivity contribution in [1.29, 1.82) is 0 Å². The first-order chi connectivity index (χ1) is 14.4. The summed E-state index contributed by atoms with van der Waals surface area (Å²) < 4.78 is 5.79. The summed E-state index contributed by atoms with van der Waals surface area (Å²) >= 11 is 0. The van der Waals surface area contributed by atoms with E-state index in [1.165, 1.54) is 11.3 Å². The molecule has 0 radical (unpaired) electrons. The third-order valence-electron chi connectivity index (χ3n) is 5.83. The van der Waals surface area contributed by atoms with E-state index in [2.05, 4.69) is 32.6 Å². The Labute approximate surface area is 181 Å². The normalized spacial score (nSPS) is 20.0. The van der Waals surface area contributed by atoms with Gasteiger partial charge in [0.25, 0.3) is 11.8 Å². The van der Waals surface area contributed by atoms with Gasteiger partial charge in [-0.2, -0.15) is 0 Å². The van der Waals surface area contributed by atoms with Crippen molar-refractivity contribution in [3.8, 4) is 5.75 Å². The number of nitrogens with zero attached hydrogens (tertiary/aromatic N) is 2. The maximum Gasteiger partial charge on any atom is 0.277 e. The number of imide groups is 1. The van der Waals surface area contributed by atoms with Crippen molar-refractivity contribution >= 4 is 17.4 Å². The van der Waals surface area contributed by atoms with E-state index in [1.807, 2.05) is 24.3 Å². The number of ether oxygens (including phenoxy) is 1. The number of carbonyl (C=O) groups is 2. The van der Waals surface area contributed by atoms with Gasteiger partial charge >= 0.3 is 0 Å². The SMILES string of the molecule is CCCCCN1C(=O)C(c2ccc(OCC(C)C)cc2)=C(N2CCCC(C)C2)C1=O. The molecular weight excluding hydrogens is 376 g/mol. The van der Waals surface area contributed by atoms with Gasteiger partial charge < -0.3 is 9.64 Å². The summed E-state index contributed by atoms with van der Waals surface area (Å²) in [6.07, 6.45) is 5.16. The number of amides is 2. The molecule has 0 saturated carbocycles. The predicted molar refractivity (Wildman–Crippen MR) is 120 cm³/mol. The molecule has 5 heteroatoms. The molecule has 0 aromatic heterocycles. The second kappa shape index (κ2) is 10.1. The van der Waals surface area contributed by atoms with E-state index in [0.717, 1.165) is 50.1 Å². The molecule has 5 nitrogen and oxygen atoms in total. The minimum atomic E-state index is -0.153. The van der Waals surface area contributed by atoms with Crippen LogP contribution in [0.1, 0.15) is 65.4 Å². The molecule has 0 spiro atoms. The lowest BCUT2D eigenvalue weighted by molar-refractivity contribution is -0.137. The number of unbranched alkanes of at least 4 members (excludes halogenated alkanes) is 2. The Morgan fingerprint density at radius 1 is 1.10 bits per heavy atom. The first-order valence-electron chi connectivity index (χ1n) is 11.5. The highest BCUT2D eigenvalue weighted by Gasteiger charge is 2.41. The van der Waals surface area contributed by atoms with Gasteiger partial charge in [-0.1, -0.05) is 52.7 Å². The molecule has 2 aliphatic rings. The van der Waals surface area contributed by atoms with E-state index in [0.29, 0.717) is 36.3 Å². The molecule has 0 bridgehead atoms. The molecule has 2 amide bonds. The highest BCUT2D eigenvalue weighted by molar-refractivity contribution is 6.35. The summed E-state index contributed by atoms with van der Waals surface area (Å²) in [4.78, 5) is 30.3. The highest BCUT2D eigenvalue weighted by Crippen LogP contribution is 2.34. The molecule has 1 saturated heterocycles. The van der Waals surface area contributed by atoms with Crippen molar-refractivity contribution in [2.45, 2.75) is 59.8 Å². The number of carbonyl (C=O) groups excluding carboxylic acids is 2. The molecule has 0 aliphatic carbocycles. The highest BCUT2D eigenvalue weighted by atomic mass is 16.5. The fraction of sp³-hybridized carbons (Fsp3) is 0.600. The van der Waals surface area contributed by atoms with E-state index in [9.17, 15) is 9.59 Å². The standard InChI is InChI=1S/C25H36N2O3/c1-5-6-7-15-27-24(28)22(20-10-12-21(13-11-20)30-17-18(2)3)23(25(27)29)26-14-8-9-19(4)16-26/h10-13,18-19H,5-9,14-17H2,1-4H3. The van der Waals surface area contributed by atoms with Crippen molar-refractivity contribution in [2.24, 2.45) is 11.8 Å². The number of rotatable bonds is 9. The third kappa shape index (κ3) is 5.05. The molecule has 2 aliphatic heterocycles. The fourth-order valence-corrected chi connectivity index (χ4v) is 4.21. The Morgan fingerprint density at radius 2 is 1.83 bits per heavy atom. The van der Waals surface area contributed by atoms with Crippen LogP contribution in [0, 0.1) is 11.8 Å². The Morgan fingerprint density at radius 3 is 2.47 bits per heavy atom. The first-order valence-corrected chi connectivity index (χ1v) is 11.5. The average molecular weight is 413 g/mol. The quantitative estimate of drug-likeness (QED) is 0.435. The molecule has 1 atom stereocenters. The minimum absolute atomic E-state index is 0.125. The smallest absolute Gasteiger partial charge is 0.277 e. The zero-order valence-electron chi connectivity index (χ0n) is 18.9. The van der Waals surface area contributed by atoms with Gasteiger partial charge in [0.05, 0.1) is 12.2 Å². The lowest BCUT2D eigenvalue weighted by Crippen LogP contribution is -2.39. The zero-order chi connectivity index (χ0) is 21.7. The second-order valence-corrected chi connectivity index (χ2v) is 9.12. The van der Waals surface area contributed by atoms with Gasteiger partial charge in [-0.25, -0.2) is 0 Å². The lowest BCUT2D eigenvalue weighted by Gasteiger charge is -2.33. The molecule has 1 fully saturated rings. The van der Waals surface area contributed by atoms with Crippen LogP contribution in [-0.4, -0.2) is 47.9 Å². The van der Waals surface area contributed by atoms with Gasteiger partial charge in [0.15, 0.2) is 0 Å². The van der Waals surface area contributed by atoms with Crippen LogP contribution in [0.25, 0.3) is 5.57 Å². The van der Waals surface area contributed by atoms with Gasteiger partial charge in [-0.05, 0) is 48.8 Å². The first kappa shape index (κ1) is 22.4. The van der Waals surface area contributed by atoms with E-state index >= 15 is 0 Å². The Kier molecular flexibility index (Phi) is 7.57. The topological polar surface area (TPSA) is 49.9 Å². The summed E-state index contributed by atoms with van der Waals surface area (Å²) in [5.74, 6) is 1.49. The van der Waals surface area contributed by atoms with Crippen LogP contribution in [0.4, 0.5) is 0 Å². The van der Waals surface area contributed by atoms with Gasteiger partial charge in [0.1, 0.15) is 11.4 Å². The summed E-state index contributed by atoms with van der Waals surface area (Å²) in [5.41, 5.74) is 1.95. The molecule has 1 aromatic rings. The molecule has 1 aromatic carbocycles. The summed E-state index contributed by atoms with van der Waals surface area (Å²) in [6.45, 7) is 11.4. The van der Waals surface area contributed by atoms with Crippen molar-refractivity contribution in [3.63, 3.8) is 0 Å². The van der Waals surface area contributed by atoms with Crippen LogP contribution in [-0.2, 0) is 9.59 Å². The van der Waals surface area contributed by atoms with Crippen LogP contribution < -0.4 is 4.74 Å². The molecular formula is C25H36N2O3.